The third kappa shape index (κ3) is 3.18. The molecule has 0 fully saturated rings. The average Bonchev–Trinajstić information content (AvgIpc) is 2.18. The van der Waals surface area contributed by atoms with Crippen molar-refractivity contribution in [2.45, 2.75) is 19.4 Å². The minimum absolute atomic E-state index is 0.0118. The lowest BCUT2D eigenvalue weighted by Crippen LogP contribution is -2.09. The van der Waals surface area contributed by atoms with Crippen LogP contribution in [0.25, 0.3) is 0 Å². The monoisotopic (exact) mass is 194 g/mol. The first-order valence-electron chi connectivity index (χ1n) is 4.62. The van der Waals surface area contributed by atoms with Gasteiger partial charge in [-0.2, -0.15) is 0 Å². The molecule has 1 atom stereocenters. The third-order valence-electron chi connectivity index (χ3n) is 1.90. The summed E-state index contributed by atoms with van der Waals surface area (Å²) in [5.41, 5.74) is 0.914. The number of rotatable bonds is 5. The summed E-state index contributed by atoms with van der Waals surface area (Å²) < 4.78 is 5.36. The van der Waals surface area contributed by atoms with Crippen LogP contribution in [0.15, 0.2) is 30.3 Å². The molecule has 1 aromatic rings. The highest BCUT2D eigenvalue weighted by Crippen LogP contribution is 2.20. The Morgan fingerprint density at radius 1 is 1.43 bits per heavy atom. The van der Waals surface area contributed by atoms with Crippen molar-refractivity contribution in [3.05, 3.63) is 35.9 Å². The van der Waals surface area contributed by atoms with Crippen LogP contribution in [0.5, 0.6) is 0 Å². The van der Waals surface area contributed by atoms with Crippen molar-refractivity contribution in [2.75, 3.05) is 6.61 Å². The molecule has 0 radical (unpaired) electrons. The van der Waals surface area contributed by atoms with E-state index in [9.17, 15) is 4.79 Å². The molecule has 76 valence electrons. The Labute approximate surface area is 83.3 Å². The Morgan fingerprint density at radius 3 is 2.57 bits per heavy atom. The summed E-state index contributed by atoms with van der Waals surface area (Å²) in [6.07, 6.45) is -0.323. The van der Waals surface area contributed by atoms with Gasteiger partial charge >= 0.3 is 5.97 Å². The van der Waals surface area contributed by atoms with Crippen LogP contribution in [-0.2, 0) is 9.53 Å². The lowest BCUT2D eigenvalue weighted by Gasteiger charge is -2.14. The highest BCUT2D eigenvalue weighted by atomic mass is 16.5. The van der Waals surface area contributed by atoms with E-state index in [0.717, 1.165) is 5.56 Å². The number of carboxylic acids is 1. The number of carboxylic acid groups (broad SMARTS) is 1. The second kappa shape index (κ2) is 5.40. The van der Waals surface area contributed by atoms with Gasteiger partial charge in [-0.3, -0.25) is 4.79 Å². The average molecular weight is 194 g/mol. The maximum absolute atomic E-state index is 10.6. The van der Waals surface area contributed by atoms with Gasteiger partial charge in [0.1, 0.15) is 0 Å². The van der Waals surface area contributed by atoms with Crippen LogP contribution in [-0.4, -0.2) is 17.7 Å². The summed E-state index contributed by atoms with van der Waals surface area (Å²) in [5, 5.41) is 8.69. The predicted octanol–water partition coefficient (Wildman–Crippen LogP) is 2.24. The molecule has 0 saturated heterocycles. The molecule has 0 spiro atoms. The molecule has 3 heteroatoms. The van der Waals surface area contributed by atoms with Gasteiger partial charge in [0.05, 0.1) is 12.5 Å². The van der Waals surface area contributed by atoms with Gasteiger partial charge < -0.3 is 9.84 Å². The molecule has 1 aromatic carbocycles. The van der Waals surface area contributed by atoms with Gasteiger partial charge in [-0.1, -0.05) is 30.3 Å². The van der Waals surface area contributed by atoms with E-state index in [0.29, 0.717) is 6.61 Å². The largest absolute Gasteiger partial charge is 0.481 e. The van der Waals surface area contributed by atoms with E-state index >= 15 is 0 Å². The van der Waals surface area contributed by atoms with Crippen molar-refractivity contribution in [1.82, 2.24) is 0 Å². The van der Waals surface area contributed by atoms with Crippen LogP contribution in [0.1, 0.15) is 25.0 Å². The van der Waals surface area contributed by atoms with E-state index < -0.39 is 5.97 Å². The predicted molar refractivity (Wildman–Crippen MR) is 53.1 cm³/mol. The van der Waals surface area contributed by atoms with Gasteiger partial charge in [-0.25, -0.2) is 0 Å². The first-order chi connectivity index (χ1) is 6.74. The molecular weight excluding hydrogens is 180 g/mol. The van der Waals surface area contributed by atoms with Gasteiger partial charge in [0.25, 0.3) is 0 Å². The van der Waals surface area contributed by atoms with Crippen LogP contribution in [0.4, 0.5) is 0 Å². The fourth-order valence-corrected chi connectivity index (χ4v) is 1.30. The first kappa shape index (κ1) is 10.7. The summed E-state index contributed by atoms with van der Waals surface area (Å²) in [4.78, 5) is 10.6. The molecule has 0 aliphatic rings. The Kier molecular flexibility index (Phi) is 4.13. The highest BCUT2D eigenvalue weighted by Gasteiger charge is 2.14. The van der Waals surface area contributed by atoms with Crippen LogP contribution < -0.4 is 0 Å². The summed E-state index contributed by atoms with van der Waals surface area (Å²) in [5.74, 6) is -0.840. The fourth-order valence-electron chi connectivity index (χ4n) is 1.30. The lowest BCUT2D eigenvalue weighted by atomic mass is 10.1. The van der Waals surface area contributed by atoms with E-state index in [-0.39, 0.29) is 12.5 Å². The molecule has 0 aromatic heterocycles. The van der Waals surface area contributed by atoms with Crippen molar-refractivity contribution in [3.8, 4) is 0 Å². The maximum atomic E-state index is 10.6. The standard InChI is InChI=1S/C11H14O3/c1-2-14-10(8-11(12)13)9-6-4-3-5-7-9/h3-7,10H,2,8H2,1H3,(H,12,13). The normalized spacial score (nSPS) is 12.4. The van der Waals surface area contributed by atoms with Crippen molar-refractivity contribution in [3.63, 3.8) is 0 Å². The minimum atomic E-state index is -0.840. The quantitative estimate of drug-likeness (QED) is 0.781. The molecule has 0 aliphatic heterocycles. The number of benzene rings is 1. The van der Waals surface area contributed by atoms with Crippen LogP contribution in [0, 0.1) is 0 Å². The maximum Gasteiger partial charge on any atom is 0.306 e. The Morgan fingerprint density at radius 2 is 2.07 bits per heavy atom. The molecule has 1 rings (SSSR count). The summed E-state index contributed by atoms with van der Waals surface area (Å²) in [7, 11) is 0. The van der Waals surface area contributed by atoms with Crippen LogP contribution >= 0.6 is 0 Å². The molecule has 1 unspecified atom stereocenters. The Bertz CT molecular complexity index is 282. The molecule has 1 N–H and O–H groups in total. The highest BCUT2D eigenvalue weighted by molar-refractivity contribution is 5.67. The van der Waals surface area contributed by atoms with Crippen molar-refractivity contribution >= 4 is 5.97 Å². The summed E-state index contributed by atoms with van der Waals surface area (Å²) in [6, 6.07) is 9.41. The minimum Gasteiger partial charge on any atom is -0.481 e. The molecule has 3 nitrogen and oxygen atoms in total. The number of ether oxygens (including phenoxy) is 1. The molecule has 0 bridgehead atoms. The van der Waals surface area contributed by atoms with Gasteiger partial charge in [-0.05, 0) is 12.5 Å². The second-order valence-corrected chi connectivity index (χ2v) is 2.95. The van der Waals surface area contributed by atoms with E-state index in [2.05, 4.69) is 0 Å². The van der Waals surface area contributed by atoms with Gasteiger partial charge in [0.15, 0.2) is 0 Å². The van der Waals surface area contributed by atoms with Gasteiger partial charge in [-0.15, -0.1) is 0 Å². The topological polar surface area (TPSA) is 46.5 Å². The van der Waals surface area contributed by atoms with Crippen LogP contribution in [0.3, 0.4) is 0 Å². The molecule has 0 saturated carbocycles. The second-order valence-electron chi connectivity index (χ2n) is 2.95. The smallest absolute Gasteiger partial charge is 0.306 e. The molecule has 0 amide bonds. The number of aliphatic carboxylic acids is 1. The Balaban J connectivity index is 2.72. The lowest BCUT2D eigenvalue weighted by molar-refractivity contribution is -0.140. The summed E-state index contributed by atoms with van der Waals surface area (Å²) in [6.45, 7) is 2.38. The van der Waals surface area contributed by atoms with Crippen LogP contribution in [0.2, 0.25) is 0 Å². The zero-order chi connectivity index (χ0) is 10.4. The van der Waals surface area contributed by atoms with Gasteiger partial charge in [0, 0.05) is 6.61 Å². The van der Waals surface area contributed by atoms with E-state index in [1.165, 1.54) is 0 Å². The molecule has 14 heavy (non-hydrogen) atoms. The van der Waals surface area contributed by atoms with E-state index in [4.69, 9.17) is 9.84 Å². The molecule has 0 heterocycles. The third-order valence-corrected chi connectivity index (χ3v) is 1.90. The molecule has 0 aliphatic carbocycles. The first-order valence-corrected chi connectivity index (χ1v) is 4.62. The molecular formula is C11H14O3. The van der Waals surface area contributed by atoms with E-state index in [1.54, 1.807) is 0 Å². The fraction of sp³-hybridized carbons (Fsp3) is 0.364. The number of carbonyl (C=O) groups is 1. The van der Waals surface area contributed by atoms with Gasteiger partial charge in [0.2, 0.25) is 0 Å². The van der Waals surface area contributed by atoms with Crippen molar-refractivity contribution in [2.24, 2.45) is 0 Å². The van der Waals surface area contributed by atoms with Crippen molar-refractivity contribution < 1.29 is 14.6 Å². The van der Waals surface area contributed by atoms with Crippen molar-refractivity contribution in [1.29, 1.82) is 0 Å². The Hall–Kier alpha value is -1.35. The zero-order valence-electron chi connectivity index (χ0n) is 8.14. The zero-order valence-corrected chi connectivity index (χ0v) is 8.14. The SMILES string of the molecule is CCOC(CC(=O)O)c1ccccc1. The number of hydrogen-bond donors (Lipinski definition) is 1. The van der Waals surface area contributed by atoms with E-state index in [1.807, 2.05) is 37.3 Å². The number of hydrogen-bond acceptors (Lipinski definition) is 2. The summed E-state index contributed by atoms with van der Waals surface area (Å²) >= 11 is 0.